The summed E-state index contributed by atoms with van der Waals surface area (Å²) in [6, 6.07) is 8.96. The second-order valence-corrected chi connectivity index (χ2v) is 6.75. The molecule has 1 aromatic carbocycles. The highest BCUT2D eigenvalue weighted by molar-refractivity contribution is 7.92. The maximum Gasteiger partial charge on any atom is 0.191 e. The van der Waals surface area contributed by atoms with Crippen LogP contribution in [0.4, 0.5) is 4.39 Å². The number of rotatable bonds is 3. The van der Waals surface area contributed by atoms with E-state index in [4.69, 9.17) is 5.26 Å². The smallest absolute Gasteiger partial charge is 0.191 e. The highest BCUT2D eigenvalue weighted by atomic mass is 32.2. The summed E-state index contributed by atoms with van der Waals surface area (Å²) in [5, 5.41) is 10.3. The van der Waals surface area contributed by atoms with E-state index in [9.17, 15) is 12.8 Å². The molecule has 0 bridgehead atoms. The predicted molar refractivity (Wildman–Crippen MR) is 66.3 cm³/mol. The van der Waals surface area contributed by atoms with Gasteiger partial charge in [-0.15, -0.1) is 11.3 Å². The molecule has 3 nitrogen and oxygen atoms in total. The zero-order valence-electron chi connectivity index (χ0n) is 9.13. The highest BCUT2D eigenvalue weighted by Crippen LogP contribution is 2.23. The Balaban J connectivity index is 2.40. The Bertz CT molecular complexity index is 700. The number of nitrogens with zero attached hydrogens (tertiary/aromatic N) is 1. The molecule has 1 heterocycles. The molecule has 0 saturated carbocycles. The molecule has 0 unspecified atom stereocenters. The zero-order valence-corrected chi connectivity index (χ0v) is 10.8. The van der Waals surface area contributed by atoms with Gasteiger partial charge in [0, 0.05) is 5.56 Å². The van der Waals surface area contributed by atoms with Crippen molar-refractivity contribution in [1.82, 2.24) is 0 Å². The Kier molecular flexibility index (Phi) is 3.45. The van der Waals surface area contributed by atoms with Gasteiger partial charge in [0.25, 0.3) is 0 Å². The average molecular weight is 281 g/mol. The van der Waals surface area contributed by atoms with Crippen molar-refractivity contribution in [2.45, 2.75) is 9.96 Å². The molecular weight excluding hydrogens is 273 g/mol. The van der Waals surface area contributed by atoms with Gasteiger partial charge in [0.1, 0.15) is 16.1 Å². The van der Waals surface area contributed by atoms with Gasteiger partial charge in [-0.25, -0.2) is 12.8 Å². The van der Waals surface area contributed by atoms with Crippen LogP contribution >= 0.6 is 11.3 Å². The van der Waals surface area contributed by atoms with Crippen molar-refractivity contribution in [1.29, 1.82) is 5.26 Å². The van der Waals surface area contributed by atoms with Crippen LogP contribution in [0.25, 0.3) is 0 Å². The number of hydrogen-bond donors (Lipinski definition) is 0. The minimum Gasteiger partial charge on any atom is -0.223 e. The van der Waals surface area contributed by atoms with E-state index in [0.717, 1.165) is 11.3 Å². The van der Waals surface area contributed by atoms with Crippen LogP contribution in [0.15, 0.2) is 39.9 Å². The number of sulfone groups is 1. The van der Waals surface area contributed by atoms with E-state index >= 15 is 0 Å². The van der Waals surface area contributed by atoms with Crippen LogP contribution in [0.3, 0.4) is 0 Å². The topological polar surface area (TPSA) is 57.9 Å². The van der Waals surface area contributed by atoms with Gasteiger partial charge in [0.05, 0.1) is 11.3 Å². The van der Waals surface area contributed by atoms with Gasteiger partial charge in [-0.1, -0.05) is 18.2 Å². The molecule has 6 heteroatoms. The minimum atomic E-state index is -3.55. The highest BCUT2D eigenvalue weighted by Gasteiger charge is 2.19. The Morgan fingerprint density at radius 1 is 1.28 bits per heavy atom. The summed E-state index contributed by atoms with van der Waals surface area (Å²) in [6.07, 6.45) is 0. The van der Waals surface area contributed by atoms with E-state index < -0.39 is 21.4 Å². The molecule has 0 aliphatic heterocycles. The first kappa shape index (κ1) is 12.7. The zero-order chi connectivity index (χ0) is 13.2. The maximum atomic E-state index is 13.8. The van der Waals surface area contributed by atoms with Crippen molar-refractivity contribution in [3.05, 3.63) is 52.7 Å². The molecule has 0 aliphatic rings. The molecule has 0 atom stereocenters. The van der Waals surface area contributed by atoms with Gasteiger partial charge in [-0.2, -0.15) is 5.26 Å². The fraction of sp³-hybridized carbons (Fsp3) is 0.0833. The van der Waals surface area contributed by atoms with Gasteiger partial charge >= 0.3 is 0 Å². The molecule has 1 aromatic heterocycles. The molecule has 0 N–H and O–H groups in total. The third kappa shape index (κ3) is 2.42. The quantitative estimate of drug-likeness (QED) is 0.869. The Hall–Kier alpha value is -1.71. The monoisotopic (exact) mass is 281 g/mol. The van der Waals surface area contributed by atoms with Crippen LogP contribution in [0, 0.1) is 17.1 Å². The summed E-state index contributed by atoms with van der Waals surface area (Å²) in [7, 11) is -3.55. The molecular formula is C12H8FNO2S2. The van der Waals surface area contributed by atoms with Crippen molar-refractivity contribution < 1.29 is 12.8 Å². The van der Waals surface area contributed by atoms with E-state index in [0.29, 0.717) is 0 Å². The minimum absolute atomic E-state index is 0.0162. The van der Waals surface area contributed by atoms with Crippen LogP contribution in [-0.2, 0) is 15.6 Å². The van der Waals surface area contributed by atoms with E-state index in [-0.39, 0.29) is 15.3 Å². The molecule has 0 fully saturated rings. The third-order valence-electron chi connectivity index (χ3n) is 2.35. The third-order valence-corrected chi connectivity index (χ3v) is 5.50. The maximum absolute atomic E-state index is 13.8. The SMILES string of the molecule is N#Cc1cccc(CS(=O)(=O)c2cccs2)c1F. The largest absolute Gasteiger partial charge is 0.223 e. The molecule has 0 saturated heterocycles. The summed E-state index contributed by atoms with van der Waals surface area (Å²) in [5.41, 5.74) is -0.128. The van der Waals surface area contributed by atoms with Gasteiger partial charge in [0.15, 0.2) is 9.84 Å². The van der Waals surface area contributed by atoms with E-state index in [2.05, 4.69) is 0 Å². The molecule has 0 amide bonds. The summed E-state index contributed by atoms with van der Waals surface area (Å²) >= 11 is 1.09. The number of benzene rings is 1. The predicted octanol–water partition coefficient (Wildman–Crippen LogP) is 2.73. The molecule has 0 aliphatic carbocycles. The fourth-order valence-corrected chi connectivity index (χ4v) is 3.93. The van der Waals surface area contributed by atoms with Gasteiger partial charge < -0.3 is 0 Å². The fourth-order valence-electron chi connectivity index (χ4n) is 1.49. The molecule has 0 spiro atoms. The van der Waals surface area contributed by atoms with Crippen molar-refractivity contribution in [3.8, 4) is 6.07 Å². The molecule has 92 valence electrons. The lowest BCUT2D eigenvalue weighted by Gasteiger charge is -2.04. The summed E-state index contributed by atoms with van der Waals surface area (Å²) < 4.78 is 37.9. The first-order valence-corrected chi connectivity index (χ1v) is 7.51. The Morgan fingerprint density at radius 2 is 2.06 bits per heavy atom. The Labute approximate surface area is 108 Å². The lowest BCUT2D eigenvalue weighted by Crippen LogP contribution is -2.05. The van der Waals surface area contributed by atoms with Crippen LogP contribution < -0.4 is 0 Å². The number of hydrogen-bond acceptors (Lipinski definition) is 4. The van der Waals surface area contributed by atoms with Crippen LogP contribution in [-0.4, -0.2) is 8.42 Å². The molecule has 2 aromatic rings. The van der Waals surface area contributed by atoms with E-state index in [1.165, 1.54) is 24.3 Å². The standard InChI is InChI=1S/C12H8FNO2S2/c13-12-9(7-14)3-1-4-10(12)8-18(15,16)11-5-2-6-17-11/h1-6H,8H2. The summed E-state index contributed by atoms with van der Waals surface area (Å²) in [5.74, 6) is -1.20. The average Bonchev–Trinajstić information content (AvgIpc) is 2.86. The first-order valence-electron chi connectivity index (χ1n) is 4.98. The van der Waals surface area contributed by atoms with Crippen LogP contribution in [0.5, 0.6) is 0 Å². The van der Waals surface area contributed by atoms with Gasteiger partial charge in [0.2, 0.25) is 0 Å². The van der Waals surface area contributed by atoms with E-state index in [1.807, 2.05) is 0 Å². The normalized spacial score (nSPS) is 11.1. The Morgan fingerprint density at radius 3 is 2.67 bits per heavy atom. The number of thiophene rings is 1. The second kappa shape index (κ2) is 4.88. The molecule has 2 rings (SSSR count). The van der Waals surface area contributed by atoms with Gasteiger partial charge in [-0.3, -0.25) is 0 Å². The lowest BCUT2D eigenvalue weighted by atomic mass is 10.1. The van der Waals surface area contributed by atoms with Crippen molar-refractivity contribution in [2.24, 2.45) is 0 Å². The lowest BCUT2D eigenvalue weighted by molar-refractivity contribution is 0.587. The van der Waals surface area contributed by atoms with Crippen LogP contribution in [0.2, 0.25) is 0 Å². The van der Waals surface area contributed by atoms with Gasteiger partial charge in [-0.05, 0) is 17.5 Å². The van der Waals surface area contributed by atoms with Crippen molar-refractivity contribution in [2.75, 3.05) is 0 Å². The summed E-state index contributed by atoms with van der Waals surface area (Å²) in [6.45, 7) is 0. The molecule has 18 heavy (non-hydrogen) atoms. The summed E-state index contributed by atoms with van der Waals surface area (Å²) in [4.78, 5) is 0. The number of halogens is 1. The van der Waals surface area contributed by atoms with Crippen molar-refractivity contribution in [3.63, 3.8) is 0 Å². The second-order valence-electron chi connectivity index (χ2n) is 3.58. The number of nitriles is 1. The van der Waals surface area contributed by atoms with Crippen molar-refractivity contribution >= 4 is 21.2 Å². The van der Waals surface area contributed by atoms with E-state index in [1.54, 1.807) is 17.5 Å². The van der Waals surface area contributed by atoms with Crippen LogP contribution in [0.1, 0.15) is 11.1 Å². The first-order chi connectivity index (χ1) is 8.54. The molecule has 0 radical (unpaired) electrons.